The van der Waals surface area contributed by atoms with Gasteiger partial charge in [-0.1, -0.05) is 61.9 Å². The number of rotatable bonds is 10. The Balaban J connectivity index is 1.52. The van der Waals surface area contributed by atoms with E-state index in [1.807, 2.05) is 54.6 Å². The minimum atomic E-state index is -0.871. The predicted molar refractivity (Wildman–Crippen MR) is 125 cm³/mol. The van der Waals surface area contributed by atoms with Gasteiger partial charge in [-0.2, -0.15) is 0 Å². The highest BCUT2D eigenvalue weighted by Crippen LogP contribution is 2.20. The molecule has 0 atom stereocenters. The van der Waals surface area contributed by atoms with Crippen LogP contribution in [0.1, 0.15) is 63.6 Å². The summed E-state index contributed by atoms with van der Waals surface area (Å²) < 4.78 is 0. The van der Waals surface area contributed by atoms with Gasteiger partial charge in [0, 0.05) is 11.3 Å². The normalized spacial score (nSPS) is 10.6. The second-order valence-electron chi connectivity index (χ2n) is 7.68. The summed E-state index contributed by atoms with van der Waals surface area (Å²) in [5.41, 5.74) is 5.11. The number of aryl methyl sites for hydroxylation is 3. The molecule has 4 heteroatoms. The molecule has 0 aliphatic carbocycles. The maximum Gasteiger partial charge on any atom is 0.335 e. The first-order valence-electron chi connectivity index (χ1n) is 10.9. The van der Waals surface area contributed by atoms with Crippen LogP contribution in [0, 0.1) is 0 Å². The van der Waals surface area contributed by atoms with E-state index in [1.165, 1.54) is 5.56 Å². The van der Waals surface area contributed by atoms with Crippen molar-refractivity contribution in [1.82, 2.24) is 0 Å². The zero-order valence-corrected chi connectivity index (χ0v) is 17.9. The molecular formula is C27H29NO3. The number of carbonyl (C=O) groups is 2. The summed E-state index contributed by atoms with van der Waals surface area (Å²) in [6.07, 6.45) is 5.48. The van der Waals surface area contributed by atoms with Crippen LogP contribution in [0.5, 0.6) is 0 Å². The number of nitrogens with one attached hydrogen (secondary N) is 1. The molecule has 0 bridgehead atoms. The average molecular weight is 416 g/mol. The van der Waals surface area contributed by atoms with E-state index in [0.717, 1.165) is 55.3 Å². The zero-order chi connectivity index (χ0) is 22.1. The summed E-state index contributed by atoms with van der Waals surface area (Å²) in [7, 11) is 0. The number of amides is 1. The van der Waals surface area contributed by atoms with Crippen molar-refractivity contribution in [3.8, 4) is 0 Å². The van der Waals surface area contributed by atoms with Crippen molar-refractivity contribution in [2.45, 2.75) is 45.4 Å². The van der Waals surface area contributed by atoms with Crippen LogP contribution in [0.25, 0.3) is 0 Å². The number of aromatic carboxylic acids is 1. The molecule has 0 aromatic heterocycles. The molecule has 1 amide bonds. The Bertz CT molecular complexity index is 1020. The van der Waals surface area contributed by atoms with Crippen LogP contribution in [0.15, 0.2) is 72.8 Å². The first-order chi connectivity index (χ1) is 15.1. The highest BCUT2D eigenvalue weighted by molar-refractivity contribution is 6.04. The Morgan fingerprint density at radius 2 is 1.39 bits per heavy atom. The molecule has 3 aromatic carbocycles. The minimum absolute atomic E-state index is 0.0969. The number of unbranched alkanes of at least 4 members (excludes halogenated alkanes) is 2. The molecule has 0 saturated carbocycles. The maximum absolute atomic E-state index is 12.6. The van der Waals surface area contributed by atoms with Crippen molar-refractivity contribution in [2.24, 2.45) is 0 Å². The van der Waals surface area contributed by atoms with Gasteiger partial charge in [-0.25, -0.2) is 4.79 Å². The van der Waals surface area contributed by atoms with Crippen molar-refractivity contribution >= 4 is 17.6 Å². The third kappa shape index (κ3) is 6.29. The molecule has 31 heavy (non-hydrogen) atoms. The van der Waals surface area contributed by atoms with Gasteiger partial charge < -0.3 is 10.4 Å². The molecule has 160 valence electrons. The van der Waals surface area contributed by atoms with Crippen molar-refractivity contribution in [1.29, 1.82) is 0 Å². The lowest BCUT2D eigenvalue weighted by atomic mass is 9.99. The van der Waals surface area contributed by atoms with E-state index >= 15 is 0 Å². The highest BCUT2D eigenvalue weighted by atomic mass is 16.4. The zero-order valence-electron chi connectivity index (χ0n) is 17.9. The Morgan fingerprint density at radius 3 is 2.06 bits per heavy atom. The Kier molecular flexibility index (Phi) is 7.99. The van der Waals surface area contributed by atoms with Crippen molar-refractivity contribution in [3.05, 3.63) is 101 Å². The Labute approximate surface area is 183 Å². The topological polar surface area (TPSA) is 66.4 Å². The minimum Gasteiger partial charge on any atom is -0.478 e. The van der Waals surface area contributed by atoms with E-state index in [1.54, 1.807) is 12.1 Å². The van der Waals surface area contributed by atoms with Crippen LogP contribution in [-0.2, 0) is 19.3 Å². The van der Waals surface area contributed by atoms with Gasteiger partial charge in [-0.15, -0.1) is 0 Å². The summed E-state index contributed by atoms with van der Waals surface area (Å²) in [6, 6.07) is 22.8. The van der Waals surface area contributed by atoms with Gasteiger partial charge in [0.05, 0.1) is 5.56 Å². The summed E-state index contributed by atoms with van der Waals surface area (Å²) in [5.74, 6) is -0.968. The van der Waals surface area contributed by atoms with E-state index in [9.17, 15) is 14.7 Å². The summed E-state index contributed by atoms with van der Waals surface area (Å²) in [6.45, 7) is 2.09. The third-order valence-corrected chi connectivity index (χ3v) is 5.53. The number of para-hydroxylation sites is 1. The lowest BCUT2D eigenvalue weighted by Crippen LogP contribution is -2.13. The molecule has 0 saturated heterocycles. The molecule has 0 fully saturated rings. The number of carboxylic acids is 1. The van der Waals surface area contributed by atoms with E-state index < -0.39 is 5.97 Å². The van der Waals surface area contributed by atoms with Gasteiger partial charge in [0.25, 0.3) is 5.91 Å². The largest absolute Gasteiger partial charge is 0.478 e. The van der Waals surface area contributed by atoms with Gasteiger partial charge in [0.2, 0.25) is 0 Å². The molecule has 0 radical (unpaired) electrons. The molecule has 3 rings (SSSR count). The number of benzene rings is 3. The summed E-state index contributed by atoms with van der Waals surface area (Å²) in [4.78, 5) is 23.9. The van der Waals surface area contributed by atoms with Crippen molar-refractivity contribution in [2.75, 3.05) is 5.32 Å². The quantitative estimate of drug-likeness (QED) is 0.390. The Hall–Kier alpha value is -3.40. The monoisotopic (exact) mass is 415 g/mol. The molecule has 0 heterocycles. The lowest BCUT2D eigenvalue weighted by molar-refractivity contribution is 0.0695. The van der Waals surface area contributed by atoms with E-state index in [-0.39, 0.29) is 5.91 Å². The smallest absolute Gasteiger partial charge is 0.335 e. The number of carboxylic acid groups (broad SMARTS) is 1. The third-order valence-electron chi connectivity index (χ3n) is 5.53. The van der Waals surface area contributed by atoms with Crippen LogP contribution in [-0.4, -0.2) is 17.0 Å². The molecule has 4 nitrogen and oxygen atoms in total. The summed E-state index contributed by atoms with van der Waals surface area (Å²) in [5, 5.41) is 12.3. The van der Waals surface area contributed by atoms with Gasteiger partial charge in [-0.3, -0.25) is 4.79 Å². The van der Waals surface area contributed by atoms with E-state index in [2.05, 4.69) is 18.3 Å². The molecule has 3 aromatic rings. The second kappa shape index (κ2) is 11.1. The molecule has 0 unspecified atom stereocenters. The van der Waals surface area contributed by atoms with Crippen molar-refractivity contribution < 1.29 is 14.7 Å². The second-order valence-corrected chi connectivity index (χ2v) is 7.68. The van der Waals surface area contributed by atoms with Crippen molar-refractivity contribution in [3.63, 3.8) is 0 Å². The van der Waals surface area contributed by atoms with Gasteiger partial charge in [-0.05, 0) is 73.1 Å². The fourth-order valence-electron chi connectivity index (χ4n) is 3.70. The van der Waals surface area contributed by atoms with Gasteiger partial charge in [0.15, 0.2) is 0 Å². The first kappa shape index (κ1) is 22.3. The number of hydrogen-bond donors (Lipinski definition) is 2. The van der Waals surface area contributed by atoms with Gasteiger partial charge in [0.1, 0.15) is 0 Å². The van der Waals surface area contributed by atoms with Crippen LogP contribution in [0.2, 0.25) is 0 Å². The predicted octanol–water partition coefficient (Wildman–Crippen LogP) is 6.16. The number of carbonyl (C=O) groups excluding carboxylic acids is 1. The number of hydrogen-bond acceptors (Lipinski definition) is 2. The van der Waals surface area contributed by atoms with Crippen LogP contribution in [0.3, 0.4) is 0 Å². The SMILES string of the molecule is CCc1ccc(C(=O)Nc2ccccc2CCCCCc2ccccc2C(=O)O)cc1. The maximum atomic E-state index is 12.6. The van der Waals surface area contributed by atoms with Gasteiger partial charge >= 0.3 is 5.97 Å². The van der Waals surface area contributed by atoms with Crippen LogP contribution < -0.4 is 5.32 Å². The van der Waals surface area contributed by atoms with Crippen LogP contribution >= 0.6 is 0 Å². The highest BCUT2D eigenvalue weighted by Gasteiger charge is 2.10. The van der Waals surface area contributed by atoms with E-state index in [0.29, 0.717) is 11.1 Å². The van der Waals surface area contributed by atoms with E-state index in [4.69, 9.17) is 0 Å². The molecule has 0 aliphatic rings. The molecular weight excluding hydrogens is 386 g/mol. The molecule has 0 aliphatic heterocycles. The molecule has 2 N–H and O–H groups in total. The fraction of sp³-hybridized carbons (Fsp3) is 0.259. The summed E-state index contributed by atoms with van der Waals surface area (Å²) >= 11 is 0. The Morgan fingerprint density at radius 1 is 0.774 bits per heavy atom. The van der Waals surface area contributed by atoms with Crippen LogP contribution in [0.4, 0.5) is 5.69 Å². The standard InChI is InChI=1S/C27H29NO3/c1-2-20-16-18-23(19-17-20)26(29)28-25-15-9-7-13-22(25)12-5-3-4-10-21-11-6-8-14-24(21)27(30)31/h6-9,11,13-19H,2-5,10,12H2,1H3,(H,28,29)(H,30,31). The lowest BCUT2D eigenvalue weighted by Gasteiger charge is -2.12. The molecule has 0 spiro atoms. The fourth-order valence-corrected chi connectivity index (χ4v) is 3.70. The average Bonchev–Trinajstić information content (AvgIpc) is 2.80. The number of anilines is 1. The first-order valence-corrected chi connectivity index (χ1v) is 10.9.